The molecule has 0 aliphatic carbocycles. The maximum Gasteiger partial charge on any atom is 0.0940 e. The molecule has 110 valence electrons. The van der Waals surface area contributed by atoms with E-state index < -0.39 is 5.60 Å². The van der Waals surface area contributed by atoms with E-state index >= 15 is 0 Å². The van der Waals surface area contributed by atoms with Crippen molar-refractivity contribution >= 4 is 11.6 Å². The lowest BCUT2D eigenvalue weighted by atomic mass is 9.73. The van der Waals surface area contributed by atoms with Crippen LogP contribution in [0.4, 0.5) is 0 Å². The molecule has 1 aromatic rings. The van der Waals surface area contributed by atoms with Gasteiger partial charge in [-0.05, 0) is 31.7 Å². The molecular formula is C16H21ClO3. The predicted octanol–water partition coefficient (Wildman–Crippen LogP) is 3.13. The van der Waals surface area contributed by atoms with Crippen LogP contribution in [-0.4, -0.2) is 30.5 Å². The van der Waals surface area contributed by atoms with Crippen molar-refractivity contribution in [2.45, 2.75) is 37.4 Å². The summed E-state index contributed by atoms with van der Waals surface area (Å²) in [6, 6.07) is 7.55. The number of aliphatic hydroxyl groups is 1. The first kappa shape index (κ1) is 14.3. The van der Waals surface area contributed by atoms with Gasteiger partial charge in [0.25, 0.3) is 0 Å². The highest BCUT2D eigenvalue weighted by Gasteiger charge is 2.47. The summed E-state index contributed by atoms with van der Waals surface area (Å²) in [4.78, 5) is 0. The fourth-order valence-corrected chi connectivity index (χ4v) is 3.79. The zero-order chi connectivity index (χ0) is 14.2. The lowest BCUT2D eigenvalue weighted by Gasteiger charge is -2.43. The highest BCUT2D eigenvalue weighted by molar-refractivity contribution is 6.31. The van der Waals surface area contributed by atoms with Crippen molar-refractivity contribution in [1.29, 1.82) is 0 Å². The number of benzene rings is 1. The Morgan fingerprint density at radius 3 is 2.85 bits per heavy atom. The van der Waals surface area contributed by atoms with Gasteiger partial charge in [0, 0.05) is 30.2 Å². The molecule has 3 rings (SSSR count). The van der Waals surface area contributed by atoms with E-state index in [0.717, 1.165) is 31.4 Å². The van der Waals surface area contributed by atoms with E-state index in [1.165, 1.54) is 0 Å². The quantitative estimate of drug-likeness (QED) is 0.911. The van der Waals surface area contributed by atoms with Crippen molar-refractivity contribution in [3.63, 3.8) is 0 Å². The van der Waals surface area contributed by atoms with Gasteiger partial charge in [-0.15, -0.1) is 0 Å². The molecule has 0 bridgehead atoms. The van der Waals surface area contributed by atoms with Gasteiger partial charge in [0.05, 0.1) is 17.8 Å². The van der Waals surface area contributed by atoms with E-state index in [1.807, 2.05) is 31.2 Å². The first-order valence-corrected chi connectivity index (χ1v) is 7.60. The maximum atomic E-state index is 11.1. The molecule has 1 spiro atoms. The van der Waals surface area contributed by atoms with Crippen LogP contribution < -0.4 is 0 Å². The predicted molar refractivity (Wildman–Crippen MR) is 77.9 cm³/mol. The van der Waals surface area contributed by atoms with Crippen LogP contribution in [0.15, 0.2) is 24.3 Å². The third kappa shape index (κ3) is 2.48. The van der Waals surface area contributed by atoms with E-state index in [0.29, 0.717) is 18.2 Å². The molecular weight excluding hydrogens is 276 g/mol. The lowest BCUT2D eigenvalue weighted by molar-refractivity contribution is -0.140. The minimum Gasteiger partial charge on any atom is -0.385 e. The Labute approximate surface area is 124 Å². The van der Waals surface area contributed by atoms with Gasteiger partial charge in [-0.3, -0.25) is 0 Å². The number of ether oxygens (including phenoxy) is 2. The van der Waals surface area contributed by atoms with Crippen molar-refractivity contribution in [2.24, 2.45) is 5.92 Å². The van der Waals surface area contributed by atoms with Crippen LogP contribution >= 0.6 is 11.6 Å². The molecule has 0 saturated carbocycles. The Bertz CT molecular complexity index is 480. The first-order valence-electron chi connectivity index (χ1n) is 7.23. The van der Waals surface area contributed by atoms with Crippen LogP contribution in [0, 0.1) is 5.92 Å². The number of hydrogen-bond donors (Lipinski definition) is 1. The van der Waals surface area contributed by atoms with E-state index in [1.54, 1.807) is 0 Å². The molecule has 20 heavy (non-hydrogen) atoms. The number of rotatable bonds is 2. The highest BCUT2D eigenvalue weighted by Crippen LogP contribution is 2.45. The van der Waals surface area contributed by atoms with Crippen molar-refractivity contribution < 1.29 is 14.6 Å². The number of halogens is 1. The van der Waals surface area contributed by atoms with E-state index in [9.17, 15) is 5.11 Å². The highest BCUT2D eigenvalue weighted by atomic mass is 35.5. The van der Waals surface area contributed by atoms with Crippen LogP contribution in [0.3, 0.4) is 0 Å². The molecule has 1 N–H and O–H groups in total. The van der Waals surface area contributed by atoms with Gasteiger partial charge in [-0.2, -0.15) is 0 Å². The molecule has 0 amide bonds. The van der Waals surface area contributed by atoms with Gasteiger partial charge in [0.2, 0.25) is 0 Å². The summed E-state index contributed by atoms with van der Waals surface area (Å²) in [6.07, 6.45) is 2.59. The SMILES string of the molecule is CC(O)(c1ccccc1Cl)C1CCOC2(CCOC2)C1. The summed E-state index contributed by atoms with van der Waals surface area (Å²) in [5, 5.41) is 11.7. The molecule has 2 aliphatic rings. The Kier molecular flexibility index (Phi) is 3.80. The van der Waals surface area contributed by atoms with E-state index in [-0.39, 0.29) is 11.5 Å². The van der Waals surface area contributed by atoms with E-state index in [2.05, 4.69) is 0 Å². The van der Waals surface area contributed by atoms with Crippen molar-refractivity contribution in [3.05, 3.63) is 34.9 Å². The van der Waals surface area contributed by atoms with Gasteiger partial charge in [0.15, 0.2) is 0 Å². The summed E-state index contributed by atoms with van der Waals surface area (Å²) in [5.74, 6) is 0.137. The zero-order valence-electron chi connectivity index (χ0n) is 11.8. The standard InChI is InChI=1S/C16H21ClO3/c1-15(18,13-4-2-3-5-14(13)17)12-6-8-20-16(10-12)7-9-19-11-16/h2-5,12,18H,6-11H2,1H3. The fraction of sp³-hybridized carbons (Fsp3) is 0.625. The second kappa shape index (κ2) is 5.30. The average molecular weight is 297 g/mol. The van der Waals surface area contributed by atoms with Gasteiger partial charge < -0.3 is 14.6 Å². The summed E-state index contributed by atoms with van der Waals surface area (Å²) in [5.41, 5.74) is -0.325. The zero-order valence-corrected chi connectivity index (χ0v) is 12.5. The monoisotopic (exact) mass is 296 g/mol. The average Bonchev–Trinajstić information content (AvgIpc) is 2.87. The van der Waals surface area contributed by atoms with Crippen LogP contribution in [-0.2, 0) is 15.1 Å². The Morgan fingerprint density at radius 1 is 1.35 bits per heavy atom. The van der Waals surface area contributed by atoms with E-state index in [4.69, 9.17) is 21.1 Å². The summed E-state index contributed by atoms with van der Waals surface area (Å²) in [6.45, 7) is 3.94. The third-order valence-corrected chi connectivity index (χ3v) is 5.10. The topological polar surface area (TPSA) is 38.7 Å². The third-order valence-electron chi connectivity index (χ3n) is 4.77. The van der Waals surface area contributed by atoms with Crippen molar-refractivity contribution in [3.8, 4) is 0 Å². The molecule has 3 nitrogen and oxygen atoms in total. The minimum atomic E-state index is -0.933. The molecule has 2 fully saturated rings. The normalized spacial score (nSPS) is 33.2. The molecule has 2 heterocycles. The Balaban J connectivity index is 1.85. The van der Waals surface area contributed by atoms with Crippen LogP contribution in [0.5, 0.6) is 0 Å². The summed E-state index contributed by atoms with van der Waals surface area (Å²) < 4.78 is 11.4. The fourth-order valence-electron chi connectivity index (χ4n) is 3.46. The maximum absolute atomic E-state index is 11.1. The lowest BCUT2D eigenvalue weighted by Crippen LogP contribution is -2.46. The van der Waals surface area contributed by atoms with Crippen LogP contribution in [0.25, 0.3) is 0 Å². The molecule has 0 radical (unpaired) electrons. The molecule has 0 aromatic heterocycles. The van der Waals surface area contributed by atoms with Crippen molar-refractivity contribution in [1.82, 2.24) is 0 Å². The first-order chi connectivity index (χ1) is 9.54. The number of hydrogen-bond acceptors (Lipinski definition) is 3. The molecule has 4 heteroatoms. The summed E-state index contributed by atoms with van der Waals surface area (Å²) >= 11 is 6.26. The molecule has 3 unspecified atom stereocenters. The Morgan fingerprint density at radius 2 is 2.15 bits per heavy atom. The van der Waals surface area contributed by atoms with Gasteiger partial charge in [-0.25, -0.2) is 0 Å². The molecule has 3 atom stereocenters. The van der Waals surface area contributed by atoms with Crippen LogP contribution in [0.1, 0.15) is 31.7 Å². The second-order valence-electron chi connectivity index (χ2n) is 6.15. The van der Waals surface area contributed by atoms with Crippen molar-refractivity contribution in [2.75, 3.05) is 19.8 Å². The smallest absolute Gasteiger partial charge is 0.0940 e. The molecule has 1 aromatic carbocycles. The van der Waals surface area contributed by atoms with Gasteiger partial charge in [-0.1, -0.05) is 29.8 Å². The molecule has 2 aliphatic heterocycles. The largest absolute Gasteiger partial charge is 0.385 e. The minimum absolute atomic E-state index is 0.137. The van der Waals surface area contributed by atoms with Crippen LogP contribution in [0.2, 0.25) is 5.02 Å². The second-order valence-corrected chi connectivity index (χ2v) is 6.56. The molecule has 2 saturated heterocycles. The Hall–Kier alpha value is -0.610. The van der Waals surface area contributed by atoms with Gasteiger partial charge >= 0.3 is 0 Å². The summed E-state index contributed by atoms with van der Waals surface area (Å²) in [7, 11) is 0. The van der Waals surface area contributed by atoms with Gasteiger partial charge in [0.1, 0.15) is 0 Å².